The van der Waals surface area contributed by atoms with Crippen LogP contribution in [-0.2, 0) is 13.0 Å². The van der Waals surface area contributed by atoms with Crippen LogP contribution in [0.3, 0.4) is 0 Å². The summed E-state index contributed by atoms with van der Waals surface area (Å²) in [7, 11) is 5.52. The maximum absolute atomic E-state index is 10.4. The van der Waals surface area contributed by atoms with Crippen LogP contribution in [0.15, 0.2) is 24.3 Å². The molecule has 0 radical (unpaired) electrons. The molecular formula is C36H52N2O6. The molecule has 0 saturated heterocycles. The van der Waals surface area contributed by atoms with Crippen molar-refractivity contribution in [1.29, 1.82) is 5.26 Å². The number of ether oxygens (including phenoxy) is 6. The molecule has 2 aliphatic rings. The molecule has 0 amide bonds. The second kappa shape index (κ2) is 16.1. The molecule has 2 aromatic carbocycles. The van der Waals surface area contributed by atoms with Gasteiger partial charge in [0.2, 0.25) is 11.5 Å². The Balaban J connectivity index is 1.56. The first-order valence-electron chi connectivity index (χ1n) is 16.6. The topological polar surface area (TPSA) is 82.4 Å². The molecule has 44 heavy (non-hydrogen) atoms. The molecule has 2 atom stereocenters. The normalized spacial score (nSPS) is 17.4. The van der Waals surface area contributed by atoms with Crippen LogP contribution in [-0.4, -0.2) is 51.7 Å². The Morgan fingerprint density at radius 2 is 1.41 bits per heavy atom. The average Bonchev–Trinajstić information content (AvgIpc) is 3.49. The highest BCUT2D eigenvalue weighted by Crippen LogP contribution is 2.52. The Bertz CT molecular complexity index is 1240. The number of unbranched alkanes of at least 4 members (excludes halogenated alkanes) is 4. The lowest BCUT2D eigenvalue weighted by atomic mass is 9.79. The molecule has 4 rings (SSSR count). The van der Waals surface area contributed by atoms with Crippen LogP contribution in [0.1, 0.15) is 96.1 Å². The second-order valence-electron chi connectivity index (χ2n) is 12.1. The van der Waals surface area contributed by atoms with E-state index in [0.717, 1.165) is 87.0 Å². The van der Waals surface area contributed by atoms with Gasteiger partial charge in [-0.3, -0.25) is 4.90 Å². The van der Waals surface area contributed by atoms with Crippen molar-refractivity contribution < 1.29 is 28.4 Å². The van der Waals surface area contributed by atoms with Crippen molar-refractivity contribution >= 4 is 0 Å². The molecule has 242 valence electrons. The number of fused-ring (bicyclic) bond motifs is 2. The predicted molar refractivity (Wildman–Crippen MR) is 172 cm³/mol. The number of hydrogen-bond donors (Lipinski definition) is 0. The summed E-state index contributed by atoms with van der Waals surface area (Å²) in [5.74, 6) is 4.18. The summed E-state index contributed by atoms with van der Waals surface area (Å²) in [5, 5.41) is 10.4. The Morgan fingerprint density at radius 1 is 0.841 bits per heavy atom. The Morgan fingerprint density at radius 3 is 1.91 bits per heavy atom. The Kier molecular flexibility index (Phi) is 12.3. The first kappa shape index (κ1) is 33.6. The highest BCUT2D eigenvalue weighted by Gasteiger charge is 2.45. The van der Waals surface area contributed by atoms with Gasteiger partial charge in [-0.05, 0) is 64.1 Å². The molecular weight excluding hydrogens is 556 g/mol. The summed E-state index contributed by atoms with van der Waals surface area (Å²) in [6, 6.07) is 10.5. The van der Waals surface area contributed by atoms with Crippen molar-refractivity contribution in [2.45, 2.75) is 110 Å². The molecule has 0 bridgehead atoms. The average molecular weight is 609 g/mol. The van der Waals surface area contributed by atoms with Gasteiger partial charge < -0.3 is 28.4 Å². The van der Waals surface area contributed by atoms with Crippen molar-refractivity contribution in [3.05, 3.63) is 35.4 Å². The van der Waals surface area contributed by atoms with Gasteiger partial charge in [0, 0.05) is 23.7 Å². The quantitative estimate of drug-likeness (QED) is 0.157. The van der Waals surface area contributed by atoms with Crippen LogP contribution in [0.25, 0.3) is 0 Å². The predicted octanol–water partition coefficient (Wildman–Crippen LogP) is 8.09. The van der Waals surface area contributed by atoms with Gasteiger partial charge in [-0.25, -0.2) is 0 Å². The maximum atomic E-state index is 10.4. The summed E-state index contributed by atoms with van der Waals surface area (Å²) < 4.78 is 37.1. The van der Waals surface area contributed by atoms with Crippen LogP contribution in [0.4, 0.5) is 0 Å². The molecule has 0 spiro atoms. The van der Waals surface area contributed by atoms with E-state index in [4.69, 9.17) is 28.4 Å². The lowest BCUT2D eigenvalue weighted by Gasteiger charge is -2.37. The molecule has 8 nitrogen and oxygen atoms in total. The molecule has 2 aliphatic heterocycles. The lowest BCUT2D eigenvalue weighted by molar-refractivity contribution is -0.0458. The molecule has 2 heterocycles. The van der Waals surface area contributed by atoms with Gasteiger partial charge in [-0.1, -0.05) is 58.6 Å². The van der Waals surface area contributed by atoms with E-state index in [-0.39, 0.29) is 6.04 Å². The van der Waals surface area contributed by atoms with Gasteiger partial charge >= 0.3 is 0 Å². The third-order valence-corrected chi connectivity index (χ3v) is 9.18. The van der Waals surface area contributed by atoms with Crippen molar-refractivity contribution in [2.75, 3.05) is 34.5 Å². The van der Waals surface area contributed by atoms with Gasteiger partial charge in [0.25, 0.3) is 6.29 Å². The number of para-hydroxylation sites is 2. The fraction of sp³-hybridized carbons (Fsp3) is 0.639. The van der Waals surface area contributed by atoms with E-state index in [1.807, 2.05) is 31.2 Å². The molecule has 0 N–H and O–H groups in total. The summed E-state index contributed by atoms with van der Waals surface area (Å²) in [4.78, 5) is 2.40. The highest BCUT2D eigenvalue weighted by molar-refractivity contribution is 5.68. The maximum Gasteiger partial charge on any atom is 0.259 e. The van der Waals surface area contributed by atoms with Crippen molar-refractivity contribution in [2.24, 2.45) is 5.41 Å². The molecule has 2 aromatic rings. The summed E-state index contributed by atoms with van der Waals surface area (Å²) in [6.45, 7) is 8.41. The first-order chi connectivity index (χ1) is 21.5. The van der Waals surface area contributed by atoms with E-state index in [1.54, 1.807) is 14.2 Å². The third kappa shape index (κ3) is 7.31. The van der Waals surface area contributed by atoms with Crippen molar-refractivity contribution in [1.82, 2.24) is 4.90 Å². The Labute approximate surface area is 264 Å². The molecule has 0 aromatic heterocycles. The van der Waals surface area contributed by atoms with E-state index in [0.29, 0.717) is 49.1 Å². The number of nitriles is 1. The first-order valence-corrected chi connectivity index (χ1v) is 16.6. The van der Waals surface area contributed by atoms with E-state index < -0.39 is 11.7 Å². The minimum Gasteiger partial charge on any atom is -0.490 e. The van der Waals surface area contributed by atoms with Crippen LogP contribution >= 0.6 is 0 Å². The van der Waals surface area contributed by atoms with Crippen molar-refractivity contribution in [3.8, 4) is 40.6 Å². The zero-order valence-electron chi connectivity index (χ0n) is 27.7. The minimum atomic E-state index is -0.728. The third-order valence-electron chi connectivity index (χ3n) is 9.18. The number of benzene rings is 2. The van der Waals surface area contributed by atoms with Crippen LogP contribution in [0.5, 0.6) is 34.5 Å². The zero-order chi connectivity index (χ0) is 31.5. The van der Waals surface area contributed by atoms with E-state index in [1.165, 1.54) is 0 Å². The number of rotatable bonds is 18. The standard InChI is InChI=1S/C36H52N2O6/c1-7-10-14-21-41-31-27-23-26(17-16-20-36(9-3,25-37)35-43-29-18-12-13-19-30(29)44-35)38(4)24-28(27)32(42-22-15-11-8-2)34(40-6)33(31)39-5/h12-13,18-19,26,35H,7-11,14-17,20-24H2,1-6H3. The van der Waals surface area contributed by atoms with Gasteiger partial charge in [0.1, 0.15) is 5.41 Å². The van der Waals surface area contributed by atoms with E-state index in [9.17, 15) is 5.26 Å². The summed E-state index contributed by atoms with van der Waals surface area (Å²) in [5.41, 5.74) is 1.54. The fourth-order valence-corrected chi connectivity index (χ4v) is 6.39. The largest absolute Gasteiger partial charge is 0.490 e. The summed E-state index contributed by atoms with van der Waals surface area (Å²) >= 11 is 0. The summed E-state index contributed by atoms with van der Waals surface area (Å²) in [6.07, 6.45) is 9.79. The monoisotopic (exact) mass is 608 g/mol. The molecule has 0 saturated carbocycles. The molecule has 0 fully saturated rings. The number of nitrogens with zero attached hydrogens (tertiary/aromatic N) is 2. The Hall–Kier alpha value is -3.31. The lowest BCUT2D eigenvalue weighted by Crippen LogP contribution is -2.41. The second-order valence-corrected chi connectivity index (χ2v) is 12.1. The zero-order valence-corrected chi connectivity index (χ0v) is 27.7. The van der Waals surface area contributed by atoms with Gasteiger partial charge in [-0.15, -0.1) is 0 Å². The van der Waals surface area contributed by atoms with Gasteiger partial charge in [0.15, 0.2) is 23.0 Å². The van der Waals surface area contributed by atoms with Gasteiger partial charge in [0.05, 0.1) is 33.5 Å². The van der Waals surface area contributed by atoms with Crippen LogP contribution < -0.4 is 28.4 Å². The molecule has 8 heteroatoms. The van der Waals surface area contributed by atoms with E-state index >= 15 is 0 Å². The number of likely N-dealkylation sites (N-methyl/N-ethyl adjacent to an activating group) is 1. The highest BCUT2D eigenvalue weighted by atomic mass is 16.7. The number of hydrogen-bond acceptors (Lipinski definition) is 8. The van der Waals surface area contributed by atoms with Crippen LogP contribution in [0, 0.1) is 16.7 Å². The van der Waals surface area contributed by atoms with Crippen LogP contribution in [0.2, 0.25) is 0 Å². The molecule has 0 aliphatic carbocycles. The van der Waals surface area contributed by atoms with Crippen molar-refractivity contribution in [3.63, 3.8) is 0 Å². The smallest absolute Gasteiger partial charge is 0.259 e. The van der Waals surface area contributed by atoms with E-state index in [2.05, 4.69) is 31.9 Å². The SMILES string of the molecule is CCCCCOc1c2c(c(OCCCCC)c(OC)c1OC)CN(C)C(CCCC(C#N)(CC)C1Oc3ccccc3O1)C2. The molecule has 2 unspecified atom stereocenters. The fourth-order valence-electron chi connectivity index (χ4n) is 6.39. The number of methoxy groups -OCH3 is 2. The minimum absolute atomic E-state index is 0.266. The van der Waals surface area contributed by atoms with Gasteiger partial charge in [-0.2, -0.15) is 5.26 Å².